The number of amides is 5. The van der Waals surface area contributed by atoms with Crippen molar-refractivity contribution in [2.45, 2.75) is 83.1 Å². The quantitative estimate of drug-likeness (QED) is 0.148. The van der Waals surface area contributed by atoms with Crippen LogP contribution in [0.2, 0.25) is 0 Å². The molecule has 0 aliphatic carbocycles. The average molecular weight is 635 g/mol. The monoisotopic (exact) mass is 634 g/mol. The highest BCUT2D eigenvalue weighted by atomic mass is 32.2. The molecule has 1 heterocycles. The molecule has 1 unspecified atom stereocenters. The zero-order valence-corrected chi connectivity index (χ0v) is 26.3. The molecule has 5 amide bonds. The molecule has 242 valence electrons. The predicted molar refractivity (Wildman–Crippen MR) is 166 cm³/mol. The molecule has 1 aromatic heterocycles. The minimum absolute atomic E-state index is 0.0514. The maximum atomic E-state index is 13.6. The molecule has 0 spiro atoms. The highest BCUT2D eigenvalue weighted by Gasteiger charge is 2.32. The summed E-state index contributed by atoms with van der Waals surface area (Å²) in [4.78, 5) is 79.1. The van der Waals surface area contributed by atoms with Crippen LogP contribution >= 0.6 is 11.8 Å². The Morgan fingerprint density at radius 2 is 1.59 bits per heavy atom. The predicted octanol–water partition coefficient (Wildman–Crippen LogP) is 1.18. The number of hydrogen-bond donors (Lipinski definition) is 7. The number of ether oxygens (including phenoxy) is 1. The number of carboxylic acids is 1. The SMILES string of the molecule is CCC(N)C(=O)NC(=O)[C@H](CC(=O)O)NC(=O)[C@H](CCSC)NC(=O)[C@H](Cc1c[nH]c2ccccc12)NC(=O)OC(C)(C)C. The number of imide groups is 1. The summed E-state index contributed by atoms with van der Waals surface area (Å²) in [6, 6.07) is 2.43. The van der Waals surface area contributed by atoms with Gasteiger partial charge < -0.3 is 36.5 Å². The number of alkyl carbamates (subject to hydrolysis) is 1. The number of carbonyl (C=O) groups excluding carboxylic acids is 5. The highest BCUT2D eigenvalue weighted by Crippen LogP contribution is 2.20. The van der Waals surface area contributed by atoms with Crippen molar-refractivity contribution in [2.75, 3.05) is 12.0 Å². The Morgan fingerprint density at radius 3 is 2.20 bits per heavy atom. The van der Waals surface area contributed by atoms with Crippen LogP contribution in [0.1, 0.15) is 52.5 Å². The number of hydrogen-bond acceptors (Lipinski definition) is 9. The van der Waals surface area contributed by atoms with E-state index in [1.165, 1.54) is 11.8 Å². The smallest absolute Gasteiger partial charge is 0.408 e. The van der Waals surface area contributed by atoms with Gasteiger partial charge in [-0.25, -0.2) is 4.79 Å². The number of nitrogens with two attached hydrogens (primary N) is 1. The third kappa shape index (κ3) is 11.5. The largest absolute Gasteiger partial charge is 0.481 e. The van der Waals surface area contributed by atoms with Crippen LogP contribution in [0.5, 0.6) is 0 Å². The van der Waals surface area contributed by atoms with Gasteiger partial charge in [0.1, 0.15) is 23.7 Å². The number of aromatic nitrogens is 1. The molecule has 0 aliphatic rings. The number of aliphatic carboxylic acids is 1. The van der Waals surface area contributed by atoms with Gasteiger partial charge in [0.15, 0.2) is 0 Å². The van der Waals surface area contributed by atoms with Crippen LogP contribution < -0.4 is 27.0 Å². The summed E-state index contributed by atoms with van der Waals surface area (Å²) in [5, 5.41) is 19.8. The van der Waals surface area contributed by atoms with Gasteiger partial charge in [-0.05, 0) is 57.3 Å². The summed E-state index contributed by atoms with van der Waals surface area (Å²) < 4.78 is 5.36. The van der Waals surface area contributed by atoms with Crippen LogP contribution in [0, 0.1) is 0 Å². The minimum atomic E-state index is -1.62. The summed E-state index contributed by atoms with van der Waals surface area (Å²) in [6.45, 7) is 6.67. The van der Waals surface area contributed by atoms with Crippen molar-refractivity contribution < 1.29 is 38.6 Å². The molecular formula is C29H42N6O8S. The van der Waals surface area contributed by atoms with Crippen LogP contribution in [0.3, 0.4) is 0 Å². The van der Waals surface area contributed by atoms with E-state index in [2.05, 4.69) is 20.9 Å². The van der Waals surface area contributed by atoms with E-state index in [-0.39, 0.29) is 19.3 Å². The van der Waals surface area contributed by atoms with Crippen molar-refractivity contribution in [2.24, 2.45) is 5.73 Å². The topological polar surface area (TPSA) is 222 Å². The minimum Gasteiger partial charge on any atom is -0.481 e. The summed E-state index contributed by atoms with van der Waals surface area (Å²) in [7, 11) is 0. The van der Waals surface area contributed by atoms with E-state index in [0.29, 0.717) is 5.75 Å². The number of nitrogens with one attached hydrogen (secondary N) is 5. The number of benzene rings is 1. The lowest BCUT2D eigenvalue weighted by molar-refractivity contribution is -0.142. The molecule has 0 fully saturated rings. The van der Waals surface area contributed by atoms with Crippen LogP contribution in [-0.4, -0.2) is 87.6 Å². The molecule has 0 bridgehead atoms. The second-order valence-electron chi connectivity index (χ2n) is 11.1. The fourth-order valence-electron chi connectivity index (χ4n) is 4.10. The molecule has 2 aromatic rings. The number of carboxylic acid groups (broad SMARTS) is 1. The molecule has 0 radical (unpaired) electrons. The maximum Gasteiger partial charge on any atom is 0.408 e. The van der Waals surface area contributed by atoms with Crippen LogP contribution in [-0.2, 0) is 35.1 Å². The van der Waals surface area contributed by atoms with E-state index in [9.17, 15) is 33.9 Å². The van der Waals surface area contributed by atoms with Crippen molar-refractivity contribution in [3.8, 4) is 0 Å². The van der Waals surface area contributed by atoms with Gasteiger partial charge >= 0.3 is 12.1 Å². The molecule has 0 aliphatic heterocycles. The Kier molecular flexibility index (Phi) is 13.7. The van der Waals surface area contributed by atoms with Crippen LogP contribution in [0.15, 0.2) is 30.5 Å². The lowest BCUT2D eigenvalue weighted by atomic mass is 10.0. The van der Waals surface area contributed by atoms with E-state index < -0.39 is 71.9 Å². The van der Waals surface area contributed by atoms with E-state index in [1.54, 1.807) is 40.1 Å². The second kappa shape index (κ2) is 16.7. The number of H-pyrrole nitrogens is 1. The lowest BCUT2D eigenvalue weighted by Crippen LogP contribution is -2.58. The summed E-state index contributed by atoms with van der Waals surface area (Å²) >= 11 is 1.40. The van der Waals surface area contributed by atoms with Crippen molar-refractivity contribution in [3.63, 3.8) is 0 Å². The van der Waals surface area contributed by atoms with Crippen molar-refractivity contribution in [1.29, 1.82) is 0 Å². The number of carbonyl (C=O) groups is 6. The molecule has 15 heteroatoms. The Hall–Kier alpha value is -4.11. The van der Waals surface area contributed by atoms with Crippen molar-refractivity contribution in [1.82, 2.24) is 26.3 Å². The first-order chi connectivity index (χ1) is 20.6. The highest BCUT2D eigenvalue weighted by molar-refractivity contribution is 7.98. The third-order valence-electron chi connectivity index (χ3n) is 6.38. The summed E-state index contributed by atoms with van der Waals surface area (Å²) in [5.41, 5.74) is 6.37. The molecule has 14 nitrogen and oxygen atoms in total. The first kappa shape index (κ1) is 36.1. The molecule has 44 heavy (non-hydrogen) atoms. The lowest BCUT2D eigenvalue weighted by Gasteiger charge is -2.26. The van der Waals surface area contributed by atoms with Crippen LogP contribution in [0.25, 0.3) is 10.9 Å². The zero-order chi connectivity index (χ0) is 33.0. The molecule has 1 aromatic carbocycles. The molecule has 4 atom stereocenters. The summed E-state index contributed by atoms with van der Waals surface area (Å²) in [6.07, 6.45) is 2.26. The first-order valence-electron chi connectivity index (χ1n) is 14.1. The number of para-hydroxylation sites is 1. The molecule has 8 N–H and O–H groups in total. The molecule has 0 saturated heterocycles. The average Bonchev–Trinajstić information content (AvgIpc) is 3.35. The second-order valence-corrected chi connectivity index (χ2v) is 12.1. The third-order valence-corrected chi connectivity index (χ3v) is 7.03. The van der Waals surface area contributed by atoms with Crippen LogP contribution in [0.4, 0.5) is 4.79 Å². The van der Waals surface area contributed by atoms with E-state index >= 15 is 0 Å². The molecule has 0 saturated carbocycles. The van der Waals surface area contributed by atoms with Crippen molar-refractivity contribution in [3.05, 3.63) is 36.0 Å². The van der Waals surface area contributed by atoms with Gasteiger partial charge in [-0.3, -0.25) is 29.3 Å². The van der Waals surface area contributed by atoms with Crippen molar-refractivity contribution >= 4 is 58.4 Å². The summed E-state index contributed by atoms with van der Waals surface area (Å²) in [5.74, 6) is -4.39. The fraction of sp³-hybridized carbons (Fsp3) is 0.517. The fourth-order valence-corrected chi connectivity index (χ4v) is 4.57. The zero-order valence-electron chi connectivity index (χ0n) is 25.5. The standard InChI is InChI=1S/C29H42N6O8S/c1-6-18(30)24(38)35-27(41)22(14-23(36)37)33-25(39)20(11-12-44-5)32-26(40)21(34-28(42)43-29(2,3)4)13-16-15-31-19-10-8-7-9-17(16)19/h7-10,15,18,20-22,31H,6,11-14,30H2,1-5H3,(H,32,40)(H,33,39)(H,34,42)(H,36,37)(H,35,38,41)/t18?,20-,21-,22-/m0/s1. The molecule has 2 rings (SSSR count). The number of fused-ring (bicyclic) bond motifs is 1. The van der Waals surface area contributed by atoms with Gasteiger partial charge in [0.25, 0.3) is 0 Å². The Bertz CT molecular complexity index is 1340. The Morgan fingerprint density at radius 1 is 0.955 bits per heavy atom. The van der Waals surface area contributed by atoms with Gasteiger partial charge in [0.05, 0.1) is 12.5 Å². The van der Waals surface area contributed by atoms with Gasteiger partial charge in [0.2, 0.25) is 23.6 Å². The van der Waals surface area contributed by atoms with E-state index in [4.69, 9.17) is 10.5 Å². The number of aromatic amines is 1. The normalized spacial score (nSPS) is 14.0. The van der Waals surface area contributed by atoms with Gasteiger partial charge in [-0.1, -0.05) is 25.1 Å². The first-order valence-corrected chi connectivity index (χ1v) is 15.5. The van der Waals surface area contributed by atoms with Gasteiger partial charge in [-0.2, -0.15) is 11.8 Å². The number of rotatable bonds is 15. The van der Waals surface area contributed by atoms with Gasteiger partial charge in [-0.15, -0.1) is 0 Å². The van der Waals surface area contributed by atoms with E-state index in [1.807, 2.05) is 29.6 Å². The Labute approximate surface area is 260 Å². The molecular weight excluding hydrogens is 592 g/mol. The number of thioether (sulfide) groups is 1. The maximum absolute atomic E-state index is 13.6. The van der Waals surface area contributed by atoms with Gasteiger partial charge in [0, 0.05) is 23.5 Å². The Balaban J connectivity index is 2.30. The van der Waals surface area contributed by atoms with E-state index in [0.717, 1.165) is 16.5 Å².